The summed E-state index contributed by atoms with van der Waals surface area (Å²) in [6.07, 6.45) is 8.69. The highest BCUT2D eigenvalue weighted by molar-refractivity contribution is 4.94. The number of nitrogens with zero attached hydrogens (tertiary/aromatic N) is 1. The van der Waals surface area contributed by atoms with Crippen molar-refractivity contribution >= 4 is 0 Å². The molecule has 0 bridgehead atoms. The molecule has 1 aliphatic carbocycles. The van der Waals surface area contributed by atoms with Crippen LogP contribution in [0, 0.1) is 5.92 Å². The van der Waals surface area contributed by atoms with E-state index >= 15 is 0 Å². The molecule has 3 unspecified atom stereocenters. The van der Waals surface area contributed by atoms with Gasteiger partial charge in [-0.2, -0.15) is 0 Å². The first kappa shape index (κ1) is 11.9. The third-order valence-electron chi connectivity index (χ3n) is 4.76. The van der Waals surface area contributed by atoms with Crippen molar-refractivity contribution in [2.24, 2.45) is 5.92 Å². The molecule has 3 heteroatoms. The second-order valence-corrected chi connectivity index (χ2v) is 6.11. The summed E-state index contributed by atoms with van der Waals surface area (Å²) in [4.78, 5) is 2.53. The Kier molecular flexibility index (Phi) is 3.69. The van der Waals surface area contributed by atoms with E-state index in [1.165, 1.54) is 45.1 Å². The Morgan fingerprint density at radius 2 is 2.06 bits per heavy atom. The number of rotatable bonds is 4. The fraction of sp³-hybridized carbons (Fsp3) is 1.00. The molecule has 0 radical (unpaired) electrons. The van der Waals surface area contributed by atoms with Crippen molar-refractivity contribution in [3.63, 3.8) is 0 Å². The summed E-state index contributed by atoms with van der Waals surface area (Å²) < 4.78 is 5.88. The number of ether oxygens (including phenoxy) is 1. The van der Waals surface area contributed by atoms with Crippen LogP contribution in [-0.2, 0) is 4.74 Å². The Morgan fingerprint density at radius 1 is 1.18 bits per heavy atom. The summed E-state index contributed by atoms with van der Waals surface area (Å²) in [5, 5.41) is 3.79. The molecule has 0 amide bonds. The minimum Gasteiger partial charge on any atom is -0.376 e. The lowest BCUT2D eigenvalue weighted by atomic mass is 10.0. The van der Waals surface area contributed by atoms with E-state index < -0.39 is 0 Å². The molecular weight excluding hydrogens is 212 g/mol. The Morgan fingerprint density at radius 3 is 2.82 bits per heavy atom. The highest BCUT2D eigenvalue weighted by Gasteiger charge is 2.40. The molecule has 3 rings (SSSR count). The summed E-state index contributed by atoms with van der Waals surface area (Å²) in [5.74, 6) is 0.874. The quantitative estimate of drug-likeness (QED) is 0.805. The molecule has 0 spiro atoms. The molecular formula is C14H26N2O. The number of nitrogens with one attached hydrogen (secondary N) is 1. The van der Waals surface area contributed by atoms with Crippen molar-refractivity contribution in [1.29, 1.82) is 0 Å². The first-order valence-corrected chi connectivity index (χ1v) is 7.40. The van der Waals surface area contributed by atoms with Crippen molar-refractivity contribution in [3.05, 3.63) is 0 Å². The number of hydrogen-bond acceptors (Lipinski definition) is 3. The standard InChI is InChI=1S/C14H26N2O/c1-16-8-3-2-4-12(16)10-15-13-7-9-17-14(13)11-5-6-11/h11-15H,2-10H2,1H3. The Balaban J connectivity index is 1.46. The minimum absolute atomic E-state index is 0.531. The van der Waals surface area contributed by atoms with E-state index in [2.05, 4.69) is 17.3 Å². The van der Waals surface area contributed by atoms with Crippen LogP contribution in [0.1, 0.15) is 38.5 Å². The van der Waals surface area contributed by atoms with Crippen LogP contribution in [0.4, 0.5) is 0 Å². The van der Waals surface area contributed by atoms with E-state index in [9.17, 15) is 0 Å². The van der Waals surface area contributed by atoms with Gasteiger partial charge in [0.15, 0.2) is 0 Å². The van der Waals surface area contributed by atoms with Gasteiger partial charge in [0.25, 0.3) is 0 Å². The average Bonchev–Trinajstić information content (AvgIpc) is 3.08. The fourth-order valence-electron chi connectivity index (χ4n) is 3.41. The summed E-state index contributed by atoms with van der Waals surface area (Å²) in [7, 11) is 2.27. The van der Waals surface area contributed by atoms with E-state index in [1.807, 2.05) is 0 Å². The third kappa shape index (κ3) is 2.83. The van der Waals surface area contributed by atoms with Crippen molar-refractivity contribution in [1.82, 2.24) is 10.2 Å². The lowest BCUT2D eigenvalue weighted by Gasteiger charge is -2.34. The molecule has 0 aromatic heterocycles. The first-order chi connectivity index (χ1) is 8.34. The van der Waals surface area contributed by atoms with Gasteiger partial charge in [-0.15, -0.1) is 0 Å². The van der Waals surface area contributed by atoms with Gasteiger partial charge in [-0.3, -0.25) is 0 Å². The minimum atomic E-state index is 0.531. The number of hydrogen-bond donors (Lipinski definition) is 1. The van der Waals surface area contributed by atoms with Gasteiger partial charge in [-0.1, -0.05) is 6.42 Å². The Hall–Kier alpha value is -0.120. The van der Waals surface area contributed by atoms with Crippen LogP contribution in [0.5, 0.6) is 0 Å². The van der Waals surface area contributed by atoms with E-state index in [-0.39, 0.29) is 0 Å². The molecule has 2 saturated heterocycles. The van der Waals surface area contributed by atoms with Crippen LogP contribution in [0.2, 0.25) is 0 Å². The van der Waals surface area contributed by atoms with Gasteiger partial charge in [-0.25, -0.2) is 0 Å². The molecule has 3 atom stereocenters. The van der Waals surface area contributed by atoms with Gasteiger partial charge in [0, 0.05) is 25.2 Å². The molecule has 1 N–H and O–H groups in total. The maximum Gasteiger partial charge on any atom is 0.0756 e. The maximum atomic E-state index is 5.88. The van der Waals surface area contributed by atoms with Crippen LogP contribution in [-0.4, -0.2) is 49.8 Å². The van der Waals surface area contributed by atoms with Crippen LogP contribution < -0.4 is 5.32 Å². The van der Waals surface area contributed by atoms with Crippen molar-refractivity contribution in [3.8, 4) is 0 Å². The predicted octanol–water partition coefficient (Wildman–Crippen LogP) is 1.63. The zero-order valence-corrected chi connectivity index (χ0v) is 11.0. The topological polar surface area (TPSA) is 24.5 Å². The van der Waals surface area contributed by atoms with Gasteiger partial charge >= 0.3 is 0 Å². The smallest absolute Gasteiger partial charge is 0.0756 e. The lowest BCUT2D eigenvalue weighted by Crippen LogP contribution is -2.47. The predicted molar refractivity (Wildman–Crippen MR) is 69.1 cm³/mol. The summed E-state index contributed by atoms with van der Waals surface area (Å²) in [5.41, 5.74) is 0. The number of piperidine rings is 1. The Labute approximate surface area is 105 Å². The van der Waals surface area contributed by atoms with Gasteiger partial charge in [-0.05, 0) is 51.6 Å². The Bertz CT molecular complexity index is 255. The zero-order chi connectivity index (χ0) is 11.7. The van der Waals surface area contributed by atoms with Crippen LogP contribution >= 0.6 is 0 Å². The SMILES string of the molecule is CN1CCCCC1CNC1CCOC1C1CC1. The fourth-order valence-corrected chi connectivity index (χ4v) is 3.41. The normalized spacial score (nSPS) is 39.7. The van der Waals surface area contributed by atoms with Crippen molar-refractivity contribution in [2.45, 2.75) is 56.7 Å². The summed E-state index contributed by atoms with van der Waals surface area (Å²) in [6.45, 7) is 3.41. The second kappa shape index (κ2) is 5.25. The second-order valence-electron chi connectivity index (χ2n) is 6.11. The van der Waals surface area contributed by atoms with E-state index in [4.69, 9.17) is 4.74 Å². The molecule has 0 aromatic carbocycles. The van der Waals surface area contributed by atoms with Crippen molar-refractivity contribution < 1.29 is 4.74 Å². The molecule has 2 heterocycles. The van der Waals surface area contributed by atoms with Crippen LogP contribution in [0.25, 0.3) is 0 Å². The van der Waals surface area contributed by atoms with Gasteiger partial charge in [0.1, 0.15) is 0 Å². The van der Waals surface area contributed by atoms with Crippen LogP contribution in [0.15, 0.2) is 0 Å². The number of likely N-dealkylation sites (N-methyl/N-ethyl adjacent to an activating group) is 1. The third-order valence-corrected chi connectivity index (χ3v) is 4.76. The summed E-state index contributed by atoms with van der Waals surface area (Å²) >= 11 is 0. The molecule has 2 aliphatic heterocycles. The monoisotopic (exact) mass is 238 g/mol. The maximum absolute atomic E-state index is 5.88. The highest BCUT2D eigenvalue weighted by Crippen LogP contribution is 2.38. The van der Waals surface area contributed by atoms with Crippen molar-refractivity contribution in [2.75, 3.05) is 26.7 Å². The summed E-state index contributed by atoms with van der Waals surface area (Å²) in [6, 6.07) is 1.39. The largest absolute Gasteiger partial charge is 0.376 e. The van der Waals surface area contributed by atoms with Gasteiger partial charge < -0.3 is 15.0 Å². The first-order valence-electron chi connectivity index (χ1n) is 7.40. The molecule has 3 nitrogen and oxygen atoms in total. The highest BCUT2D eigenvalue weighted by atomic mass is 16.5. The molecule has 3 aliphatic rings. The van der Waals surface area contributed by atoms with Gasteiger partial charge in [0.05, 0.1) is 6.10 Å². The van der Waals surface area contributed by atoms with E-state index in [0.29, 0.717) is 12.1 Å². The average molecular weight is 238 g/mol. The molecule has 98 valence electrons. The zero-order valence-electron chi connectivity index (χ0n) is 11.0. The lowest BCUT2D eigenvalue weighted by molar-refractivity contribution is 0.0782. The van der Waals surface area contributed by atoms with E-state index in [0.717, 1.165) is 25.1 Å². The van der Waals surface area contributed by atoms with Crippen LogP contribution in [0.3, 0.4) is 0 Å². The molecule has 1 saturated carbocycles. The molecule has 3 fully saturated rings. The van der Waals surface area contributed by atoms with E-state index in [1.54, 1.807) is 0 Å². The van der Waals surface area contributed by atoms with Gasteiger partial charge in [0.2, 0.25) is 0 Å². The number of likely N-dealkylation sites (tertiary alicyclic amines) is 1. The molecule has 17 heavy (non-hydrogen) atoms. The molecule has 0 aromatic rings.